The number of rotatable bonds is 4. The molecule has 1 aromatic rings. The zero-order valence-electron chi connectivity index (χ0n) is 11.1. The van der Waals surface area contributed by atoms with E-state index in [1.807, 2.05) is 0 Å². The van der Waals surface area contributed by atoms with E-state index in [4.69, 9.17) is 0 Å². The number of nitrogens with one attached hydrogen (secondary N) is 1. The second-order valence-corrected chi connectivity index (χ2v) is 8.08. The normalized spacial score (nSPS) is 26.2. The molecular weight excluding hydrogens is 258 g/mol. The van der Waals surface area contributed by atoms with Gasteiger partial charge in [0.15, 0.2) is 9.84 Å². The molecule has 0 aromatic heterocycles. The number of hydrogen-bond acceptors (Lipinski definition) is 3. The largest absolute Gasteiger partial charge is 0.309 e. The molecule has 0 bridgehead atoms. The zero-order valence-corrected chi connectivity index (χ0v) is 12.0. The minimum Gasteiger partial charge on any atom is -0.309 e. The summed E-state index contributed by atoms with van der Waals surface area (Å²) in [6.45, 7) is 0.779. The molecule has 1 aromatic carbocycles. The Labute approximate surface area is 115 Å². The minimum atomic E-state index is -2.81. The predicted octanol–water partition coefficient (Wildman–Crippen LogP) is 2.23. The van der Waals surface area contributed by atoms with Gasteiger partial charge in [0.25, 0.3) is 0 Å². The van der Waals surface area contributed by atoms with Crippen molar-refractivity contribution in [3.8, 4) is 0 Å². The molecule has 2 aliphatic rings. The van der Waals surface area contributed by atoms with Crippen molar-refractivity contribution < 1.29 is 8.42 Å². The first kappa shape index (κ1) is 13.1. The van der Waals surface area contributed by atoms with Crippen LogP contribution in [0, 0.1) is 0 Å². The summed E-state index contributed by atoms with van der Waals surface area (Å²) in [5, 5.41) is 3.40. The maximum Gasteiger partial charge on any atom is 0.151 e. The molecule has 104 valence electrons. The number of hydrogen-bond donors (Lipinski definition) is 1. The van der Waals surface area contributed by atoms with Crippen LogP contribution in [0.1, 0.15) is 42.7 Å². The van der Waals surface area contributed by atoms with E-state index in [1.54, 1.807) is 0 Å². The van der Waals surface area contributed by atoms with Crippen LogP contribution in [-0.4, -0.2) is 26.0 Å². The third-order valence-corrected chi connectivity index (χ3v) is 5.88. The lowest BCUT2D eigenvalue weighted by Gasteiger charge is -2.23. The van der Waals surface area contributed by atoms with Crippen LogP contribution in [0.2, 0.25) is 0 Å². The first-order valence-electron chi connectivity index (χ1n) is 7.15. The highest BCUT2D eigenvalue weighted by Gasteiger charge is 2.25. The Morgan fingerprint density at radius 2 is 2.05 bits per heavy atom. The number of sulfone groups is 1. The van der Waals surface area contributed by atoms with E-state index < -0.39 is 9.84 Å². The molecule has 19 heavy (non-hydrogen) atoms. The van der Waals surface area contributed by atoms with Crippen LogP contribution in [0.3, 0.4) is 0 Å². The molecule has 0 spiro atoms. The summed E-state index contributed by atoms with van der Waals surface area (Å²) in [5.74, 6) is 1.44. The van der Waals surface area contributed by atoms with Crippen molar-refractivity contribution in [2.24, 2.45) is 0 Å². The highest BCUT2D eigenvalue weighted by Crippen LogP contribution is 2.40. The second-order valence-electron chi connectivity index (χ2n) is 5.85. The minimum absolute atomic E-state index is 0.128. The topological polar surface area (TPSA) is 46.2 Å². The molecule has 1 aliphatic carbocycles. The van der Waals surface area contributed by atoms with E-state index in [0.29, 0.717) is 11.5 Å². The van der Waals surface area contributed by atoms with Crippen LogP contribution in [-0.2, 0) is 16.4 Å². The highest BCUT2D eigenvalue weighted by atomic mass is 32.2. The Morgan fingerprint density at radius 1 is 1.21 bits per heavy atom. The van der Waals surface area contributed by atoms with E-state index in [-0.39, 0.29) is 6.04 Å². The molecule has 1 heterocycles. The van der Waals surface area contributed by atoms with Gasteiger partial charge in [-0.05, 0) is 42.7 Å². The fourth-order valence-corrected chi connectivity index (χ4v) is 4.49. The fourth-order valence-electron chi connectivity index (χ4n) is 2.82. The van der Waals surface area contributed by atoms with Gasteiger partial charge >= 0.3 is 0 Å². The maximum atomic E-state index is 11.6. The summed E-state index contributed by atoms with van der Waals surface area (Å²) in [6, 6.07) is 8.83. The van der Waals surface area contributed by atoms with E-state index in [9.17, 15) is 8.42 Å². The first-order chi connectivity index (χ1) is 9.12. The molecule has 1 unspecified atom stereocenters. The molecule has 1 saturated heterocycles. The van der Waals surface area contributed by atoms with Crippen LogP contribution in [0.25, 0.3) is 0 Å². The maximum absolute atomic E-state index is 11.6. The lowest BCUT2D eigenvalue weighted by molar-refractivity contribution is 0.480. The Balaban J connectivity index is 1.58. The molecule has 2 fully saturated rings. The SMILES string of the molecule is O=S1(=O)CCCC(NCc2cccc(C3CC3)c2)C1. The zero-order chi connectivity index (χ0) is 13.3. The van der Waals surface area contributed by atoms with E-state index in [0.717, 1.165) is 25.3 Å². The van der Waals surface area contributed by atoms with Gasteiger partial charge in [-0.1, -0.05) is 24.3 Å². The van der Waals surface area contributed by atoms with Crippen molar-refractivity contribution in [3.05, 3.63) is 35.4 Å². The van der Waals surface area contributed by atoms with E-state index >= 15 is 0 Å². The van der Waals surface area contributed by atoms with Gasteiger partial charge in [0.05, 0.1) is 11.5 Å². The van der Waals surface area contributed by atoms with Crippen LogP contribution in [0.5, 0.6) is 0 Å². The Bertz CT molecular complexity index is 549. The van der Waals surface area contributed by atoms with Gasteiger partial charge in [0.1, 0.15) is 0 Å². The molecule has 1 N–H and O–H groups in total. The lowest BCUT2D eigenvalue weighted by Crippen LogP contribution is -2.39. The summed E-state index contributed by atoms with van der Waals surface area (Å²) in [5.41, 5.74) is 2.71. The summed E-state index contributed by atoms with van der Waals surface area (Å²) in [6.07, 6.45) is 4.40. The summed E-state index contributed by atoms with van der Waals surface area (Å²) in [4.78, 5) is 0. The van der Waals surface area contributed by atoms with Crippen molar-refractivity contribution >= 4 is 9.84 Å². The molecule has 3 nitrogen and oxygen atoms in total. The molecule has 0 radical (unpaired) electrons. The van der Waals surface area contributed by atoms with Gasteiger partial charge < -0.3 is 5.32 Å². The molecule has 3 rings (SSSR count). The van der Waals surface area contributed by atoms with Crippen LogP contribution in [0.4, 0.5) is 0 Å². The van der Waals surface area contributed by atoms with Crippen LogP contribution < -0.4 is 5.32 Å². The van der Waals surface area contributed by atoms with Gasteiger partial charge in [-0.25, -0.2) is 8.42 Å². The van der Waals surface area contributed by atoms with Gasteiger partial charge in [-0.3, -0.25) is 0 Å². The quantitative estimate of drug-likeness (QED) is 0.919. The highest BCUT2D eigenvalue weighted by molar-refractivity contribution is 7.91. The van der Waals surface area contributed by atoms with Crippen LogP contribution >= 0.6 is 0 Å². The molecule has 4 heteroatoms. The van der Waals surface area contributed by atoms with E-state index in [1.165, 1.54) is 24.0 Å². The van der Waals surface area contributed by atoms with Crippen molar-refractivity contribution in [1.82, 2.24) is 5.32 Å². The Hall–Kier alpha value is -0.870. The molecule has 1 aliphatic heterocycles. The molecule has 0 amide bonds. The molecule has 1 saturated carbocycles. The smallest absolute Gasteiger partial charge is 0.151 e. The van der Waals surface area contributed by atoms with Crippen LogP contribution in [0.15, 0.2) is 24.3 Å². The number of benzene rings is 1. The average molecular weight is 279 g/mol. The molecular formula is C15H21NO2S. The second kappa shape index (κ2) is 5.25. The lowest BCUT2D eigenvalue weighted by atomic mass is 10.1. The third kappa shape index (κ3) is 3.57. The molecule has 1 atom stereocenters. The van der Waals surface area contributed by atoms with Gasteiger partial charge in [-0.15, -0.1) is 0 Å². The Kier molecular flexibility index (Phi) is 3.63. The Morgan fingerprint density at radius 3 is 2.79 bits per heavy atom. The predicted molar refractivity (Wildman–Crippen MR) is 76.9 cm³/mol. The summed E-state index contributed by atoms with van der Waals surface area (Å²) < 4.78 is 23.2. The van der Waals surface area contributed by atoms with Crippen molar-refractivity contribution in [3.63, 3.8) is 0 Å². The first-order valence-corrected chi connectivity index (χ1v) is 8.97. The summed E-state index contributed by atoms with van der Waals surface area (Å²) in [7, 11) is -2.81. The monoisotopic (exact) mass is 279 g/mol. The third-order valence-electron chi connectivity index (χ3n) is 4.06. The van der Waals surface area contributed by atoms with Gasteiger partial charge in [0.2, 0.25) is 0 Å². The van der Waals surface area contributed by atoms with Crippen molar-refractivity contribution in [2.75, 3.05) is 11.5 Å². The standard InChI is InChI=1S/C15H21NO2S/c17-19(18)8-2-5-15(11-19)16-10-12-3-1-4-14(9-12)13-6-7-13/h1,3-4,9,13,15-16H,2,5-8,10-11H2. The van der Waals surface area contributed by atoms with Crippen molar-refractivity contribution in [1.29, 1.82) is 0 Å². The van der Waals surface area contributed by atoms with Crippen molar-refractivity contribution in [2.45, 2.75) is 44.2 Å². The average Bonchev–Trinajstić information content (AvgIpc) is 3.20. The summed E-state index contributed by atoms with van der Waals surface area (Å²) >= 11 is 0. The van der Waals surface area contributed by atoms with E-state index in [2.05, 4.69) is 29.6 Å². The fraction of sp³-hybridized carbons (Fsp3) is 0.600. The van der Waals surface area contributed by atoms with Gasteiger partial charge in [0, 0.05) is 12.6 Å². The van der Waals surface area contributed by atoms with Gasteiger partial charge in [-0.2, -0.15) is 0 Å².